The van der Waals surface area contributed by atoms with Crippen LogP contribution < -0.4 is 9.04 Å². The monoisotopic (exact) mass is 371 g/mol. The number of aryl methyl sites for hydroxylation is 1. The molecule has 0 atom stereocenters. The van der Waals surface area contributed by atoms with Crippen molar-refractivity contribution in [1.29, 1.82) is 0 Å². The van der Waals surface area contributed by atoms with Gasteiger partial charge in [0.15, 0.2) is 0 Å². The number of hydrogen-bond acceptors (Lipinski definition) is 3. The van der Waals surface area contributed by atoms with Gasteiger partial charge in [0.25, 0.3) is 10.0 Å². The highest BCUT2D eigenvalue weighted by molar-refractivity contribution is 7.93. The van der Waals surface area contributed by atoms with Crippen LogP contribution in [-0.4, -0.2) is 15.5 Å². The van der Waals surface area contributed by atoms with Crippen LogP contribution >= 0.6 is 23.2 Å². The Labute approximate surface area is 145 Å². The number of halogens is 2. The lowest BCUT2D eigenvalue weighted by molar-refractivity contribution is 0.415. The maximum absolute atomic E-state index is 12.9. The van der Waals surface area contributed by atoms with Crippen molar-refractivity contribution in [1.82, 2.24) is 0 Å². The first-order valence-corrected chi connectivity index (χ1v) is 8.82. The maximum Gasteiger partial charge on any atom is 0.268 e. The van der Waals surface area contributed by atoms with Crippen LogP contribution in [0.15, 0.2) is 64.1 Å². The van der Waals surface area contributed by atoms with Gasteiger partial charge in [-0.2, -0.15) is 0 Å². The van der Waals surface area contributed by atoms with Gasteiger partial charge >= 0.3 is 0 Å². The molecule has 0 aliphatic heterocycles. The second kappa shape index (κ2) is 7.25. The largest absolute Gasteiger partial charge is 0.497 e. The number of methoxy groups -OCH3 is 1. The molecular weight excluding hydrogens is 357 g/mol. The quantitative estimate of drug-likeness (QED) is 0.778. The highest BCUT2D eigenvalue weighted by Crippen LogP contribution is 2.28. The van der Waals surface area contributed by atoms with Crippen LogP contribution in [0.1, 0.15) is 5.56 Å². The Morgan fingerprint density at radius 1 is 1.04 bits per heavy atom. The first-order valence-electron chi connectivity index (χ1n) is 6.62. The van der Waals surface area contributed by atoms with Crippen molar-refractivity contribution >= 4 is 38.9 Å². The zero-order valence-corrected chi connectivity index (χ0v) is 14.9. The Morgan fingerprint density at radius 2 is 1.61 bits per heavy atom. The molecule has 2 aromatic rings. The van der Waals surface area contributed by atoms with Crippen LogP contribution in [0, 0.1) is 6.92 Å². The van der Waals surface area contributed by atoms with E-state index in [0.29, 0.717) is 11.4 Å². The van der Waals surface area contributed by atoms with Gasteiger partial charge in [0.1, 0.15) is 10.2 Å². The molecule has 0 N–H and O–H groups in total. The molecule has 0 saturated carbocycles. The molecule has 0 heterocycles. The third kappa shape index (κ3) is 4.19. The van der Waals surface area contributed by atoms with Crippen molar-refractivity contribution < 1.29 is 13.2 Å². The van der Waals surface area contributed by atoms with E-state index in [1.165, 1.54) is 19.2 Å². The van der Waals surface area contributed by atoms with E-state index in [-0.39, 0.29) is 9.39 Å². The van der Waals surface area contributed by atoms with Gasteiger partial charge in [0.2, 0.25) is 0 Å². The van der Waals surface area contributed by atoms with E-state index in [2.05, 4.69) is 0 Å². The molecule has 23 heavy (non-hydrogen) atoms. The van der Waals surface area contributed by atoms with Gasteiger partial charge in [-0.15, -0.1) is 0 Å². The fraction of sp³-hybridized carbons (Fsp3) is 0.125. The van der Waals surface area contributed by atoms with Crippen LogP contribution in [-0.2, 0) is 10.0 Å². The molecule has 0 bridgehead atoms. The molecule has 7 heteroatoms. The fourth-order valence-electron chi connectivity index (χ4n) is 1.92. The SMILES string of the molecule is COc1ccc(N(C=C(Cl)Cl)S(=O)(=O)c2ccc(C)cc2)cc1. The predicted molar refractivity (Wildman–Crippen MR) is 93.6 cm³/mol. The number of ether oxygens (including phenoxy) is 1. The highest BCUT2D eigenvalue weighted by Gasteiger charge is 2.24. The number of benzene rings is 2. The zero-order valence-electron chi connectivity index (χ0n) is 12.5. The molecule has 0 spiro atoms. The third-order valence-corrected chi connectivity index (χ3v) is 5.02. The Bertz CT molecular complexity index is 796. The smallest absolute Gasteiger partial charge is 0.268 e. The Kier molecular flexibility index (Phi) is 5.57. The minimum atomic E-state index is -3.84. The maximum atomic E-state index is 12.9. The highest BCUT2D eigenvalue weighted by atomic mass is 35.5. The Balaban J connectivity index is 2.53. The number of sulfonamides is 1. The molecule has 122 valence electrons. The first-order chi connectivity index (χ1) is 10.8. The summed E-state index contributed by atoms with van der Waals surface area (Å²) in [6.07, 6.45) is 1.15. The third-order valence-electron chi connectivity index (χ3n) is 3.12. The molecule has 2 aromatic carbocycles. The normalized spacial score (nSPS) is 11.0. The number of rotatable bonds is 5. The van der Waals surface area contributed by atoms with E-state index in [4.69, 9.17) is 27.9 Å². The standard InChI is InChI=1S/C16H15Cl2NO3S/c1-12-3-9-15(10-4-12)23(20,21)19(11-16(17)18)13-5-7-14(22-2)8-6-13/h3-11H,1-2H3. The van der Waals surface area contributed by atoms with E-state index in [1.54, 1.807) is 36.4 Å². The van der Waals surface area contributed by atoms with E-state index >= 15 is 0 Å². The average Bonchev–Trinajstić information content (AvgIpc) is 2.53. The molecule has 0 amide bonds. The molecule has 0 aliphatic rings. The summed E-state index contributed by atoms with van der Waals surface area (Å²) in [5, 5.41) is 0. The van der Waals surface area contributed by atoms with Crippen LogP contribution in [0.2, 0.25) is 0 Å². The molecule has 0 unspecified atom stereocenters. The zero-order chi connectivity index (χ0) is 17.0. The number of hydrogen-bond donors (Lipinski definition) is 0. The molecule has 0 radical (unpaired) electrons. The van der Waals surface area contributed by atoms with E-state index in [1.807, 2.05) is 6.92 Å². The van der Waals surface area contributed by atoms with Crippen molar-refractivity contribution in [3.05, 3.63) is 64.8 Å². The van der Waals surface area contributed by atoms with E-state index in [0.717, 1.165) is 16.1 Å². The van der Waals surface area contributed by atoms with Crippen LogP contribution in [0.4, 0.5) is 5.69 Å². The number of nitrogens with zero attached hydrogens (tertiary/aromatic N) is 1. The molecule has 0 saturated heterocycles. The summed E-state index contributed by atoms with van der Waals surface area (Å²) in [6.45, 7) is 1.88. The molecule has 4 nitrogen and oxygen atoms in total. The fourth-order valence-corrected chi connectivity index (χ4v) is 3.59. The van der Waals surface area contributed by atoms with Crippen molar-refractivity contribution in [2.45, 2.75) is 11.8 Å². The Morgan fingerprint density at radius 3 is 2.09 bits per heavy atom. The summed E-state index contributed by atoms with van der Waals surface area (Å²) in [6, 6.07) is 13.1. The summed E-state index contributed by atoms with van der Waals surface area (Å²) in [5.74, 6) is 0.613. The minimum Gasteiger partial charge on any atom is -0.497 e. The molecule has 0 aliphatic carbocycles. The lowest BCUT2D eigenvalue weighted by Crippen LogP contribution is -2.25. The van der Waals surface area contributed by atoms with Crippen LogP contribution in [0.25, 0.3) is 0 Å². The second-order valence-corrected chi connectivity index (χ2v) is 7.55. The van der Waals surface area contributed by atoms with E-state index < -0.39 is 10.0 Å². The lowest BCUT2D eigenvalue weighted by Gasteiger charge is -2.21. The summed E-state index contributed by atoms with van der Waals surface area (Å²) >= 11 is 11.4. The predicted octanol–water partition coefficient (Wildman–Crippen LogP) is 4.48. The molecule has 0 aromatic heterocycles. The van der Waals surface area contributed by atoms with Crippen molar-refractivity contribution in [3.63, 3.8) is 0 Å². The van der Waals surface area contributed by atoms with Gasteiger partial charge in [-0.05, 0) is 43.3 Å². The van der Waals surface area contributed by atoms with E-state index in [9.17, 15) is 8.42 Å². The molecule has 2 rings (SSSR count). The van der Waals surface area contributed by atoms with Gasteiger partial charge < -0.3 is 4.74 Å². The van der Waals surface area contributed by atoms with Gasteiger partial charge in [0, 0.05) is 0 Å². The molecular formula is C16H15Cl2NO3S. The van der Waals surface area contributed by atoms with Gasteiger partial charge in [0.05, 0.1) is 23.9 Å². The topological polar surface area (TPSA) is 46.6 Å². The lowest BCUT2D eigenvalue weighted by atomic mass is 10.2. The van der Waals surface area contributed by atoms with Crippen molar-refractivity contribution in [2.24, 2.45) is 0 Å². The summed E-state index contributed by atoms with van der Waals surface area (Å²) in [4.78, 5) is 0.143. The number of anilines is 1. The summed E-state index contributed by atoms with van der Waals surface area (Å²) in [7, 11) is -2.31. The molecule has 0 fully saturated rings. The van der Waals surface area contributed by atoms with Crippen LogP contribution in [0.3, 0.4) is 0 Å². The van der Waals surface area contributed by atoms with Gasteiger partial charge in [-0.3, -0.25) is 0 Å². The second-order valence-electron chi connectivity index (χ2n) is 4.73. The first kappa shape index (κ1) is 17.7. The average molecular weight is 372 g/mol. The van der Waals surface area contributed by atoms with Crippen molar-refractivity contribution in [2.75, 3.05) is 11.4 Å². The van der Waals surface area contributed by atoms with Gasteiger partial charge in [-0.25, -0.2) is 12.7 Å². The Hall–Kier alpha value is -1.69. The minimum absolute atomic E-state index is 0.143. The summed E-state index contributed by atoms with van der Waals surface area (Å²) < 4.78 is 31.7. The van der Waals surface area contributed by atoms with Gasteiger partial charge in [-0.1, -0.05) is 40.9 Å². The summed E-state index contributed by atoms with van der Waals surface area (Å²) in [5.41, 5.74) is 1.36. The van der Waals surface area contributed by atoms with Crippen molar-refractivity contribution in [3.8, 4) is 5.75 Å². The van der Waals surface area contributed by atoms with Crippen LogP contribution in [0.5, 0.6) is 5.75 Å².